The molecule has 1 aromatic carbocycles. The molecule has 5 N–H and O–H groups in total. The highest BCUT2D eigenvalue weighted by atomic mass is 16.4. The molecule has 0 bridgehead atoms. The molecule has 7 heteroatoms. The summed E-state index contributed by atoms with van der Waals surface area (Å²) < 4.78 is 0. The molecule has 0 saturated heterocycles. The topological polar surface area (TPSA) is 122 Å². The van der Waals surface area contributed by atoms with Gasteiger partial charge in [0.25, 0.3) is 0 Å². The fourth-order valence-electron chi connectivity index (χ4n) is 1.74. The smallest absolute Gasteiger partial charge is 0.305 e. The van der Waals surface area contributed by atoms with Crippen LogP contribution < -0.4 is 16.4 Å². The van der Waals surface area contributed by atoms with Crippen molar-refractivity contribution in [3.05, 3.63) is 24.3 Å². The lowest BCUT2D eigenvalue weighted by Crippen LogP contribution is -2.37. The van der Waals surface area contributed by atoms with E-state index in [2.05, 4.69) is 10.6 Å². The Labute approximate surface area is 121 Å². The highest BCUT2D eigenvalue weighted by Gasteiger charge is 2.29. The molecular weight excluding hydrogens is 274 g/mol. The van der Waals surface area contributed by atoms with Gasteiger partial charge < -0.3 is 21.5 Å². The number of carboxylic acid groups (broad SMARTS) is 1. The van der Waals surface area contributed by atoms with Crippen molar-refractivity contribution in [2.75, 3.05) is 10.6 Å². The Morgan fingerprint density at radius 3 is 2.14 bits per heavy atom. The summed E-state index contributed by atoms with van der Waals surface area (Å²) in [6.07, 6.45) is 1.43. The molecule has 112 valence electrons. The Kier molecular flexibility index (Phi) is 4.54. The highest BCUT2D eigenvalue weighted by Crippen LogP contribution is 2.30. The Hall–Kier alpha value is -2.41. The van der Waals surface area contributed by atoms with Gasteiger partial charge in [-0.25, -0.2) is 0 Å². The van der Waals surface area contributed by atoms with Crippen molar-refractivity contribution < 1.29 is 19.5 Å². The van der Waals surface area contributed by atoms with E-state index in [1.54, 1.807) is 24.3 Å². The number of nitrogens with two attached hydrogens (primary N) is 1. The van der Waals surface area contributed by atoms with E-state index in [0.29, 0.717) is 11.4 Å². The number of amides is 2. The van der Waals surface area contributed by atoms with E-state index in [0.717, 1.165) is 12.8 Å². The second-order valence-electron chi connectivity index (χ2n) is 5.03. The Morgan fingerprint density at radius 1 is 1.14 bits per heavy atom. The van der Waals surface area contributed by atoms with Crippen molar-refractivity contribution in [2.24, 2.45) is 11.7 Å². The van der Waals surface area contributed by atoms with Crippen molar-refractivity contribution >= 4 is 29.2 Å². The van der Waals surface area contributed by atoms with E-state index in [1.165, 1.54) is 0 Å². The molecule has 1 aliphatic carbocycles. The van der Waals surface area contributed by atoms with Crippen LogP contribution in [0, 0.1) is 5.92 Å². The number of hydrogen-bond acceptors (Lipinski definition) is 4. The lowest BCUT2D eigenvalue weighted by atomic mass is 10.2. The van der Waals surface area contributed by atoms with Crippen molar-refractivity contribution in [1.82, 2.24) is 0 Å². The number of carbonyl (C=O) groups excluding carboxylic acids is 2. The zero-order valence-electron chi connectivity index (χ0n) is 11.3. The van der Waals surface area contributed by atoms with Crippen LogP contribution in [0.15, 0.2) is 24.3 Å². The Bertz CT molecular complexity index is 552. The van der Waals surface area contributed by atoms with Gasteiger partial charge in [-0.1, -0.05) is 0 Å². The molecule has 1 unspecified atom stereocenters. The number of nitrogens with one attached hydrogen (secondary N) is 2. The fourth-order valence-corrected chi connectivity index (χ4v) is 1.74. The summed E-state index contributed by atoms with van der Waals surface area (Å²) in [6.45, 7) is 0. The van der Waals surface area contributed by atoms with Crippen LogP contribution in [0.3, 0.4) is 0 Å². The fraction of sp³-hybridized carbons (Fsp3) is 0.357. The number of aliphatic carboxylic acids is 1. The average Bonchev–Trinajstić information content (AvgIpc) is 3.24. The average molecular weight is 291 g/mol. The van der Waals surface area contributed by atoms with Crippen LogP contribution in [0.5, 0.6) is 0 Å². The molecular formula is C14H17N3O4. The molecule has 21 heavy (non-hydrogen) atoms. The first kappa shape index (κ1) is 15.0. The summed E-state index contributed by atoms with van der Waals surface area (Å²) in [6, 6.07) is 5.47. The van der Waals surface area contributed by atoms with Crippen molar-refractivity contribution in [3.63, 3.8) is 0 Å². The minimum atomic E-state index is -1.13. The Balaban J connectivity index is 1.88. The summed E-state index contributed by atoms with van der Waals surface area (Å²) in [5.74, 6) is -1.56. The molecule has 1 atom stereocenters. The zero-order valence-corrected chi connectivity index (χ0v) is 11.3. The van der Waals surface area contributed by atoms with Crippen molar-refractivity contribution in [1.29, 1.82) is 0 Å². The second kappa shape index (κ2) is 6.36. The lowest BCUT2D eigenvalue weighted by Gasteiger charge is -2.11. The van der Waals surface area contributed by atoms with Gasteiger partial charge in [0.1, 0.15) is 0 Å². The first-order valence-electron chi connectivity index (χ1n) is 6.65. The SMILES string of the molecule is NC(CC(=O)O)C(=O)Nc1ccc(NC(=O)C2CC2)cc1. The van der Waals surface area contributed by atoms with Gasteiger partial charge in [0, 0.05) is 17.3 Å². The Morgan fingerprint density at radius 2 is 1.67 bits per heavy atom. The van der Waals surface area contributed by atoms with Gasteiger partial charge in [-0.3, -0.25) is 14.4 Å². The van der Waals surface area contributed by atoms with E-state index in [4.69, 9.17) is 10.8 Å². The lowest BCUT2D eigenvalue weighted by molar-refractivity contribution is -0.138. The molecule has 0 spiro atoms. The summed E-state index contributed by atoms with van der Waals surface area (Å²) in [7, 11) is 0. The van der Waals surface area contributed by atoms with Crippen molar-refractivity contribution in [2.45, 2.75) is 25.3 Å². The normalized spacial score (nSPS) is 15.1. The van der Waals surface area contributed by atoms with E-state index >= 15 is 0 Å². The van der Waals surface area contributed by atoms with Crippen LogP contribution in [0.25, 0.3) is 0 Å². The van der Waals surface area contributed by atoms with Crippen molar-refractivity contribution in [3.8, 4) is 0 Å². The maximum Gasteiger partial charge on any atom is 0.305 e. The first-order chi connectivity index (χ1) is 9.95. The molecule has 0 heterocycles. The van der Waals surface area contributed by atoms with Gasteiger partial charge in [-0.2, -0.15) is 0 Å². The van der Waals surface area contributed by atoms with Gasteiger partial charge in [0.05, 0.1) is 12.5 Å². The largest absolute Gasteiger partial charge is 0.481 e. The number of hydrogen-bond donors (Lipinski definition) is 4. The first-order valence-corrected chi connectivity index (χ1v) is 6.65. The monoisotopic (exact) mass is 291 g/mol. The predicted molar refractivity (Wildman–Crippen MR) is 76.7 cm³/mol. The maximum absolute atomic E-state index is 11.6. The number of benzene rings is 1. The van der Waals surface area contributed by atoms with Gasteiger partial charge in [0.2, 0.25) is 11.8 Å². The molecule has 7 nitrogen and oxygen atoms in total. The molecule has 0 radical (unpaired) electrons. The highest BCUT2D eigenvalue weighted by molar-refractivity contribution is 5.97. The van der Waals surface area contributed by atoms with E-state index in [-0.39, 0.29) is 11.8 Å². The number of rotatable bonds is 6. The minimum Gasteiger partial charge on any atom is -0.481 e. The van der Waals surface area contributed by atoms with Crippen LogP contribution >= 0.6 is 0 Å². The number of carboxylic acids is 1. The maximum atomic E-state index is 11.6. The van der Waals surface area contributed by atoms with Gasteiger partial charge in [-0.15, -0.1) is 0 Å². The van der Waals surface area contributed by atoms with Crippen LogP contribution in [-0.4, -0.2) is 28.9 Å². The zero-order chi connectivity index (χ0) is 15.4. The molecule has 0 aliphatic heterocycles. The summed E-state index contributed by atoms with van der Waals surface area (Å²) in [5, 5.41) is 13.9. The molecule has 1 fully saturated rings. The van der Waals surface area contributed by atoms with Gasteiger partial charge in [0.15, 0.2) is 0 Å². The minimum absolute atomic E-state index is 0.00951. The molecule has 2 rings (SSSR count). The molecule has 1 aromatic rings. The summed E-state index contributed by atoms with van der Waals surface area (Å²) in [4.78, 5) is 33.7. The third-order valence-electron chi connectivity index (χ3n) is 3.10. The molecule has 0 aromatic heterocycles. The standard InChI is InChI=1S/C14H17N3O4/c15-11(7-12(18)19)14(21)17-10-5-3-9(4-6-10)16-13(20)8-1-2-8/h3-6,8,11H,1-2,7,15H2,(H,16,20)(H,17,21)(H,18,19). The van der Waals surface area contributed by atoms with Gasteiger partial charge in [-0.05, 0) is 37.1 Å². The summed E-state index contributed by atoms with van der Waals surface area (Å²) >= 11 is 0. The quantitative estimate of drug-likeness (QED) is 0.617. The van der Waals surface area contributed by atoms with E-state index in [1.807, 2.05) is 0 Å². The summed E-state index contributed by atoms with van der Waals surface area (Å²) in [5.41, 5.74) is 6.60. The van der Waals surface area contributed by atoms with Gasteiger partial charge >= 0.3 is 5.97 Å². The molecule has 1 saturated carbocycles. The molecule has 2 amide bonds. The third kappa shape index (κ3) is 4.57. The van der Waals surface area contributed by atoms with Crippen LogP contribution in [0.4, 0.5) is 11.4 Å². The number of anilines is 2. The number of carbonyl (C=O) groups is 3. The van der Waals surface area contributed by atoms with Crippen LogP contribution in [0.2, 0.25) is 0 Å². The van der Waals surface area contributed by atoms with Crippen LogP contribution in [0.1, 0.15) is 19.3 Å². The van der Waals surface area contributed by atoms with Crippen LogP contribution in [-0.2, 0) is 14.4 Å². The second-order valence-corrected chi connectivity index (χ2v) is 5.03. The molecule has 1 aliphatic rings. The van der Waals surface area contributed by atoms with E-state index < -0.39 is 24.3 Å². The van der Waals surface area contributed by atoms with E-state index in [9.17, 15) is 14.4 Å². The predicted octanol–water partition coefficient (Wildman–Crippen LogP) is 0.776. The third-order valence-corrected chi connectivity index (χ3v) is 3.10.